The third-order valence-corrected chi connectivity index (χ3v) is 10.1. The SMILES string of the molecule is CCCCCCCCCCCCCCC(CCCCCCCCCC)c1[nH]cc[n+]1C(C)CCCCCCCCCCC. The van der Waals surface area contributed by atoms with Gasteiger partial charge in [-0.2, -0.15) is 0 Å². The number of aromatic amines is 1. The Labute approximate surface area is 272 Å². The molecular weight excluding hydrogens is 520 g/mol. The highest BCUT2D eigenvalue weighted by molar-refractivity contribution is 4.90. The highest BCUT2D eigenvalue weighted by Gasteiger charge is 2.25. The van der Waals surface area contributed by atoms with Crippen molar-refractivity contribution in [2.75, 3.05) is 0 Å². The van der Waals surface area contributed by atoms with Gasteiger partial charge < -0.3 is 0 Å². The van der Waals surface area contributed by atoms with Crippen LogP contribution >= 0.6 is 0 Å². The molecule has 0 aliphatic rings. The summed E-state index contributed by atoms with van der Waals surface area (Å²) in [5.74, 6) is 2.25. The Morgan fingerprint density at radius 1 is 0.442 bits per heavy atom. The van der Waals surface area contributed by atoms with E-state index in [9.17, 15) is 0 Å². The maximum Gasteiger partial charge on any atom is 0.257 e. The van der Waals surface area contributed by atoms with E-state index < -0.39 is 0 Å². The lowest BCUT2D eigenvalue weighted by atomic mass is 9.92. The average Bonchev–Trinajstić information content (AvgIpc) is 3.51. The molecule has 2 unspecified atom stereocenters. The predicted octanol–water partition coefficient (Wildman–Crippen LogP) is 14.5. The van der Waals surface area contributed by atoms with E-state index in [4.69, 9.17) is 0 Å². The van der Waals surface area contributed by atoms with E-state index in [2.05, 4.69) is 49.6 Å². The van der Waals surface area contributed by atoms with Crippen molar-refractivity contribution in [2.45, 2.75) is 245 Å². The van der Waals surface area contributed by atoms with Crippen LogP contribution in [-0.2, 0) is 0 Å². The van der Waals surface area contributed by atoms with Gasteiger partial charge in [0.25, 0.3) is 5.82 Å². The lowest BCUT2D eigenvalue weighted by Gasteiger charge is -2.17. The van der Waals surface area contributed by atoms with Crippen molar-refractivity contribution in [3.8, 4) is 0 Å². The summed E-state index contributed by atoms with van der Waals surface area (Å²) >= 11 is 0. The van der Waals surface area contributed by atoms with Gasteiger partial charge >= 0.3 is 0 Å². The fraction of sp³-hybridized carbons (Fsp3) is 0.927. The van der Waals surface area contributed by atoms with E-state index in [1.54, 1.807) is 0 Å². The Morgan fingerprint density at radius 3 is 1.09 bits per heavy atom. The lowest BCUT2D eigenvalue weighted by Crippen LogP contribution is -2.41. The first-order chi connectivity index (χ1) is 21.2. The molecule has 0 aliphatic heterocycles. The van der Waals surface area contributed by atoms with Gasteiger partial charge in [-0.25, -0.2) is 9.55 Å². The molecule has 0 saturated carbocycles. The third-order valence-electron chi connectivity index (χ3n) is 10.1. The van der Waals surface area contributed by atoms with Gasteiger partial charge in [-0.3, -0.25) is 0 Å². The summed E-state index contributed by atoms with van der Waals surface area (Å²) in [5, 5.41) is 0. The zero-order valence-electron chi connectivity index (χ0n) is 30.4. The van der Waals surface area contributed by atoms with E-state index in [0.717, 1.165) is 0 Å². The molecule has 1 heterocycles. The Balaban J connectivity index is 2.41. The van der Waals surface area contributed by atoms with Crippen LogP contribution in [0.5, 0.6) is 0 Å². The number of nitrogens with one attached hydrogen (secondary N) is 1. The van der Waals surface area contributed by atoms with E-state index in [0.29, 0.717) is 12.0 Å². The number of aromatic nitrogens is 2. The van der Waals surface area contributed by atoms with Crippen molar-refractivity contribution < 1.29 is 4.57 Å². The Kier molecular flexibility index (Phi) is 29.2. The summed E-state index contributed by atoms with van der Waals surface area (Å²) < 4.78 is 2.64. The Bertz CT molecular complexity index is 664. The molecule has 0 radical (unpaired) electrons. The van der Waals surface area contributed by atoms with E-state index >= 15 is 0 Å². The second-order valence-electron chi connectivity index (χ2n) is 14.4. The predicted molar refractivity (Wildman–Crippen MR) is 193 cm³/mol. The van der Waals surface area contributed by atoms with Crippen LogP contribution in [0.4, 0.5) is 0 Å². The summed E-state index contributed by atoms with van der Waals surface area (Å²) in [4.78, 5) is 3.75. The molecular formula is C41H81N2+. The summed E-state index contributed by atoms with van der Waals surface area (Å²) in [7, 11) is 0. The summed E-state index contributed by atoms with van der Waals surface area (Å²) in [6, 6.07) is 0.619. The molecule has 0 amide bonds. The molecule has 1 aromatic heterocycles. The smallest absolute Gasteiger partial charge is 0.247 e. The number of unbranched alkanes of at least 4 members (excludes halogenated alkanes) is 26. The minimum atomic E-state index is 0.619. The Morgan fingerprint density at radius 2 is 0.744 bits per heavy atom. The first-order valence-corrected chi connectivity index (χ1v) is 20.3. The van der Waals surface area contributed by atoms with Crippen LogP contribution in [0.1, 0.15) is 251 Å². The maximum atomic E-state index is 3.75. The molecule has 0 spiro atoms. The molecule has 0 aromatic carbocycles. The number of imidazole rings is 1. The number of hydrogen-bond donors (Lipinski definition) is 1. The maximum absolute atomic E-state index is 3.75. The molecule has 0 saturated heterocycles. The molecule has 0 aliphatic carbocycles. The standard InChI is InChI=1S/C41H80N2/c1-5-8-11-14-17-20-21-22-24-27-30-33-36-40(35-32-29-26-19-16-13-10-7-3)41-42-37-38-43(41)39(4)34-31-28-25-23-18-15-12-9-6-2/h37-40H,5-36H2,1-4H3/p+1. The highest BCUT2D eigenvalue weighted by atomic mass is 15.1. The zero-order valence-corrected chi connectivity index (χ0v) is 30.4. The van der Waals surface area contributed by atoms with Crippen molar-refractivity contribution in [3.63, 3.8) is 0 Å². The average molecular weight is 602 g/mol. The van der Waals surface area contributed by atoms with Crippen molar-refractivity contribution >= 4 is 0 Å². The van der Waals surface area contributed by atoms with Gasteiger partial charge in [-0.1, -0.05) is 201 Å². The molecule has 0 bridgehead atoms. The van der Waals surface area contributed by atoms with E-state index in [1.807, 2.05) is 0 Å². The fourth-order valence-corrected chi connectivity index (χ4v) is 7.13. The lowest BCUT2D eigenvalue weighted by molar-refractivity contribution is -0.727. The first kappa shape index (κ1) is 40.2. The molecule has 2 atom stereocenters. The van der Waals surface area contributed by atoms with Crippen LogP contribution in [-0.4, -0.2) is 4.98 Å². The normalized spacial score (nSPS) is 13.1. The van der Waals surface area contributed by atoms with Gasteiger partial charge in [0.1, 0.15) is 12.4 Å². The van der Waals surface area contributed by atoms with Crippen LogP contribution < -0.4 is 4.57 Å². The molecule has 1 aromatic rings. The van der Waals surface area contributed by atoms with E-state index in [-0.39, 0.29) is 0 Å². The monoisotopic (exact) mass is 602 g/mol. The Hall–Kier alpha value is -0.790. The molecule has 2 nitrogen and oxygen atoms in total. The van der Waals surface area contributed by atoms with Gasteiger partial charge in [0, 0.05) is 0 Å². The topological polar surface area (TPSA) is 19.7 Å². The first-order valence-electron chi connectivity index (χ1n) is 20.3. The van der Waals surface area contributed by atoms with Crippen LogP contribution in [0, 0.1) is 0 Å². The number of nitrogens with zero attached hydrogens (tertiary/aromatic N) is 1. The van der Waals surface area contributed by atoms with Crippen molar-refractivity contribution in [1.29, 1.82) is 0 Å². The second kappa shape index (κ2) is 31.2. The summed E-state index contributed by atoms with van der Waals surface area (Å²) in [6.45, 7) is 9.42. The minimum Gasteiger partial charge on any atom is -0.247 e. The minimum absolute atomic E-state index is 0.619. The van der Waals surface area contributed by atoms with Crippen molar-refractivity contribution in [1.82, 2.24) is 4.98 Å². The quantitative estimate of drug-likeness (QED) is 0.0599. The van der Waals surface area contributed by atoms with Crippen LogP contribution in [0.25, 0.3) is 0 Å². The summed E-state index contributed by atoms with van der Waals surface area (Å²) in [6.07, 6.45) is 50.2. The van der Waals surface area contributed by atoms with Crippen molar-refractivity contribution in [2.24, 2.45) is 0 Å². The van der Waals surface area contributed by atoms with Crippen molar-refractivity contribution in [3.05, 3.63) is 18.2 Å². The molecule has 1 N–H and O–H groups in total. The van der Waals surface area contributed by atoms with Gasteiger partial charge in [-0.05, 0) is 32.6 Å². The van der Waals surface area contributed by atoms with Crippen LogP contribution in [0.2, 0.25) is 0 Å². The second-order valence-corrected chi connectivity index (χ2v) is 14.4. The van der Waals surface area contributed by atoms with Gasteiger partial charge in [0.05, 0.1) is 12.0 Å². The highest BCUT2D eigenvalue weighted by Crippen LogP contribution is 2.27. The third kappa shape index (κ3) is 23.2. The molecule has 0 fully saturated rings. The molecule has 254 valence electrons. The molecule has 1 rings (SSSR count). The van der Waals surface area contributed by atoms with Crippen LogP contribution in [0.15, 0.2) is 12.4 Å². The number of rotatable bonds is 34. The summed E-state index contributed by atoms with van der Waals surface area (Å²) in [5.41, 5.74) is 0. The van der Waals surface area contributed by atoms with Gasteiger partial charge in [0.2, 0.25) is 0 Å². The molecule has 2 heteroatoms. The van der Waals surface area contributed by atoms with Crippen LogP contribution in [0.3, 0.4) is 0 Å². The number of hydrogen-bond acceptors (Lipinski definition) is 0. The number of H-pyrrole nitrogens is 1. The van der Waals surface area contributed by atoms with E-state index in [1.165, 1.54) is 211 Å². The zero-order chi connectivity index (χ0) is 31.1. The van der Waals surface area contributed by atoms with Gasteiger partial charge in [-0.15, -0.1) is 0 Å². The largest absolute Gasteiger partial charge is 0.257 e. The van der Waals surface area contributed by atoms with Gasteiger partial charge in [0.15, 0.2) is 0 Å². The molecule has 43 heavy (non-hydrogen) atoms. The fourth-order valence-electron chi connectivity index (χ4n) is 7.13.